The molecule has 0 spiro atoms. The van der Waals surface area contributed by atoms with Gasteiger partial charge in [0.1, 0.15) is 11.6 Å². The molecule has 8 heteroatoms. The Morgan fingerprint density at radius 3 is 2.66 bits per heavy atom. The van der Waals surface area contributed by atoms with Crippen LogP contribution in [0.5, 0.6) is 0 Å². The Labute approximate surface area is 208 Å². The van der Waals surface area contributed by atoms with E-state index in [9.17, 15) is 9.90 Å². The molecule has 4 aromatic rings. The summed E-state index contributed by atoms with van der Waals surface area (Å²) >= 11 is 1.62. The molecule has 1 aliphatic rings. The van der Waals surface area contributed by atoms with Crippen molar-refractivity contribution in [3.05, 3.63) is 88.7 Å². The number of thiazole rings is 1. The van der Waals surface area contributed by atoms with Crippen molar-refractivity contribution in [2.45, 2.75) is 32.3 Å². The zero-order valence-electron chi connectivity index (χ0n) is 19.5. The van der Waals surface area contributed by atoms with Crippen molar-refractivity contribution in [3.63, 3.8) is 0 Å². The van der Waals surface area contributed by atoms with Crippen LogP contribution in [0, 0.1) is 6.92 Å². The number of benzene rings is 1. The van der Waals surface area contributed by atoms with Crippen molar-refractivity contribution in [1.82, 2.24) is 19.9 Å². The molecule has 1 fully saturated rings. The zero-order chi connectivity index (χ0) is 24.2. The minimum atomic E-state index is -0.288. The van der Waals surface area contributed by atoms with Crippen molar-refractivity contribution < 1.29 is 9.90 Å². The largest absolute Gasteiger partial charge is 0.393 e. The first-order valence-corrected chi connectivity index (χ1v) is 12.5. The van der Waals surface area contributed by atoms with E-state index in [4.69, 9.17) is 4.98 Å². The van der Waals surface area contributed by atoms with E-state index in [1.165, 1.54) is 0 Å². The van der Waals surface area contributed by atoms with Crippen LogP contribution in [0.2, 0.25) is 0 Å². The first kappa shape index (κ1) is 23.1. The highest BCUT2D eigenvalue weighted by Gasteiger charge is 2.22. The Morgan fingerprint density at radius 1 is 1.09 bits per heavy atom. The average molecular weight is 486 g/mol. The minimum Gasteiger partial charge on any atom is -0.393 e. The van der Waals surface area contributed by atoms with Gasteiger partial charge in [-0.3, -0.25) is 4.79 Å². The summed E-state index contributed by atoms with van der Waals surface area (Å²) in [6.45, 7) is 3.24. The van der Waals surface area contributed by atoms with Crippen molar-refractivity contribution in [1.29, 1.82) is 0 Å². The minimum absolute atomic E-state index is 0.0282. The summed E-state index contributed by atoms with van der Waals surface area (Å²) in [4.78, 5) is 29.2. The molecule has 0 unspecified atom stereocenters. The molecule has 178 valence electrons. The number of carbonyl (C=O) groups excluding carboxylic acids is 1. The number of piperidine rings is 1. The number of carbonyl (C=O) groups is 1. The van der Waals surface area contributed by atoms with Crippen LogP contribution in [0.15, 0.2) is 67.0 Å². The van der Waals surface area contributed by atoms with Crippen LogP contribution in [0.1, 0.15) is 39.3 Å². The van der Waals surface area contributed by atoms with Crippen molar-refractivity contribution >= 4 is 28.9 Å². The average Bonchev–Trinajstić information content (AvgIpc) is 3.33. The van der Waals surface area contributed by atoms with Crippen LogP contribution in [-0.2, 0) is 6.42 Å². The van der Waals surface area contributed by atoms with Gasteiger partial charge in [-0.25, -0.2) is 15.0 Å². The van der Waals surface area contributed by atoms with E-state index in [-0.39, 0.29) is 12.0 Å². The van der Waals surface area contributed by atoms with Gasteiger partial charge in [-0.2, -0.15) is 0 Å². The number of amides is 1. The smallest absolute Gasteiger partial charge is 0.253 e. The molecular weight excluding hydrogens is 458 g/mol. The number of anilines is 2. The molecule has 7 nitrogen and oxygen atoms in total. The molecule has 4 heterocycles. The number of aromatic nitrogens is 3. The van der Waals surface area contributed by atoms with Gasteiger partial charge in [-0.1, -0.05) is 18.2 Å². The monoisotopic (exact) mass is 485 g/mol. The lowest BCUT2D eigenvalue weighted by Gasteiger charge is -2.29. The zero-order valence-corrected chi connectivity index (χ0v) is 20.3. The molecular formula is C27H27N5O2S. The number of hydrogen-bond acceptors (Lipinski definition) is 7. The second-order valence-corrected chi connectivity index (χ2v) is 9.88. The van der Waals surface area contributed by atoms with E-state index >= 15 is 0 Å². The van der Waals surface area contributed by atoms with Gasteiger partial charge in [0.25, 0.3) is 5.91 Å². The summed E-state index contributed by atoms with van der Waals surface area (Å²) in [6.07, 6.45) is 5.33. The van der Waals surface area contributed by atoms with Gasteiger partial charge < -0.3 is 15.3 Å². The van der Waals surface area contributed by atoms with E-state index in [2.05, 4.69) is 15.3 Å². The maximum absolute atomic E-state index is 12.7. The molecule has 1 amide bonds. The molecule has 0 bridgehead atoms. The lowest BCUT2D eigenvalue weighted by Crippen LogP contribution is -2.40. The van der Waals surface area contributed by atoms with Gasteiger partial charge in [0.2, 0.25) is 0 Å². The number of pyridine rings is 2. The first-order valence-electron chi connectivity index (χ1n) is 11.7. The highest BCUT2D eigenvalue weighted by molar-refractivity contribution is 7.15. The van der Waals surface area contributed by atoms with Gasteiger partial charge in [-0.15, -0.1) is 11.3 Å². The maximum Gasteiger partial charge on any atom is 0.253 e. The number of nitrogens with one attached hydrogen (secondary N) is 1. The summed E-state index contributed by atoms with van der Waals surface area (Å²) < 4.78 is 0. The molecule has 5 rings (SSSR count). The van der Waals surface area contributed by atoms with E-state index in [1.54, 1.807) is 17.5 Å². The fourth-order valence-corrected chi connectivity index (χ4v) is 5.00. The fourth-order valence-electron chi connectivity index (χ4n) is 4.08. The Kier molecular flexibility index (Phi) is 6.83. The number of hydrogen-bond donors (Lipinski definition) is 2. The first-order chi connectivity index (χ1) is 17.0. The molecule has 3 aromatic heterocycles. The van der Waals surface area contributed by atoms with E-state index in [1.807, 2.05) is 72.6 Å². The standard InChI is InChI=1S/C27H27N5O2S/c1-18-9-12-28-25(15-18)31-24-4-2-3-22(30-24)23-17-29-26(35-23)16-19-5-7-20(8-6-19)27(34)32-13-10-21(33)11-14-32/h2-9,12,15,17,21,33H,10-11,13-14,16H2,1H3,(H,28,30,31). The van der Waals surface area contributed by atoms with Crippen molar-refractivity contribution in [2.24, 2.45) is 0 Å². The molecule has 2 N–H and O–H groups in total. The Balaban J connectivity index is 1.23. The third-order valence-electron chi connectivity index (χ3n) is 6.03. The summed E-state index contributed by atoms with van der Waals surface area (Å²) in [5, 5.41) is 13.9. The summed E-state index contributed by atoms with van der Waals surface area (Å²) in [5.74, 6) is 1.53. The Hall–Kier alpha value is -3.62. The summed E-state index contributed by atoms with van der Waals surface area (Å²) in [5.41, 5.74) is 3.78. The van der Waals surface area contributed by atoms with Gasteiger partial charge in [-0.05, 0) is 67.3 Å². The summed E-state index contributed by atoms with van der Waals surface area (Å²) in [6, 6.07) is 17.6. The highest BCUT2D eigenvalue weighted by atomic mass is 32.1. The molecule has 1 aliphatic heterocycles. The summed E-state index contributed by atoms with van der Waals surface area (Å²) in [7, 11) is 0. The van der Waals surface area contributed by atoms with Crippen molar-refractivity contribution in [3.8, 4) is 10.6 Å². The Morgan fingerprint density at radius 2 is 1.89 bits per heavy atom. The van der Waals surface area contributed by atoms with Crippen LogP contribution in [0.4, 0.5) is 11.6 Å². The predicted octanol–water partition coefficient (Wildman–Crippen LogP) is 4.84. The number of aliphatic hydroxyl groups is 1. The number of aryl methyl sites for hydroxylation is 1. The third kappa shape index (κ3) is 5.72. The molecule has 1 saturated heterocycles. The predicted molar refractivity (Wildman–Crippen MR) is 138 cm³/mol. The maximum atomic E-state index is 12.7. The van der Waals surface area contributed by atoms with Crippen LogP contribution < -0.4 is 5.32 Å². The Bertz CT molecular complexity index is 1310. The second-order valence-electron chi connectivity index (χ2n) is 8.77. The lowest BCUT2D eigenvalue weighted by molar-refractivity contribution is 0.0546. The molecule has 1 aromatic carbocycles. The number of rotatable bonds is 6. The van der Waals surface area contributed by atoms with Crippen LogP contribution in [0.3, 0.4) is 0 Å². The number of aliphatic hydroxyl groups excluding tert-OH is 1. The van der Waals surface area contributed by atoms with Gasteiger partial charge in [0.15, 0.2) is 0 Å². The second kappa shape index (κ2) is 10.3. The van der Waals surface area contributed by atoms with E-state index < -0.39 is 0 Å². The quantitative estimate of drug-likeness (QED) is 0.406. The fraction of sp³-hybridized carbons (Fsp3) is 0.259. The van der Waals surface area contributed by atoms with Crippen LogP contribution in [0.25, 0.3) is 10.6 Å². The van der Waals surface area contributed by atoms with Crippen LogP contribution >= 0.6 is 11.3 Å². The molecule has 0 aliphatic carbocycles. The topological polar surface area (TPSA) is 91.2 Å². The highest BCUT2D eigenvalue weighted by Crippen LogP contribution is 2.27. The molecule has 0 radical (unpaired) electrons. The van der Waals surface area contributed by atoms with Crippen molar-refractivity contribution in [2.75, 3.05) is 18.4 Å². The lowest BCUT2D eigenvalue weighted by atomic mass is 10.1. The van der Waals surface area contributed by atoms with Gasteiger partial charge in [0, 0.05) is 37.5 Å². The molecule has 0 saturated carbocycles. The third-order valence-corrected chi connectivity index (χ3v) is 7.05. The van der Waals surface area contributed by atoms with E-state index in [0.29, 0.717) is 37.9 Å². The van der Waals surface area contributed by atoms with Crippen LogP contribution in [-0.4, -0.2) is 50.1 Å². The SMILES string of the molecule is Cc1ccnc(Nc2cccc(-c3cnc(Cc4ccc(C(=O)N5CCC(O)CC5)cc4)s3)n2)c1. The van der Waals surface area contributed by atoms with Gasteiger partial charge in [0.05, 0.1) is 21.7 Å². The number of likely N-dealkylation sites (tertiary alicyclic amines) is 1. The van der Waals surface area contributed by atoms with E-state index in [0.717, 1.165) is 38.3 Å². The molecule has 0 atom stereocenters. The van der Waals surface area contributed by atoms with Gasteiger partial charge >= 0.3 is 0 Å². The number of nitrogens with zero attached hydrogens (tertiary/aromatic N) is 4. The molecule has 35 heavy (non-hydrogen) atoms. The normalized spacial score (nSPS) is 14.2.